The van der Waals surface area contributed by atoms with Gasteiger partial charge in [0.1, 0.15) is 11.6 Å². The molecular formula is C19H21ClFN5O. The smallest absolute Gasteiger partial charge is 0.154 e. The zero-order valence-corrected chi connectivity index (χ0v) is 15.6. The molecule has 1 N–H and O–H groups in total. The first kappa shape index (κ1) is 18.2. The van der Waals surface area contributed by atoms with E-state index in [1.807, 2.05) is 12.1 Å². The van der Waals surface area contributed by atoms with Crippen molar-refractivity contribution in [2.24, 2.45) is 0 Å². The van der Waals surface area contributed by atoms with Gasteiger partial charge in [-0.3, -0.25) is 4.90 Å². The van der Waals surface area contributed by atoms with Gasteiger partial charge in [0.2, 0.25) is 0 Å². The van der Waals surface area contributed by atoms with Gasteiger partial charge in [-0.2, -0.15) is 0 Å². The first-order valence-corrected chi connectivity index (χ1v) is 9.43. The molecule has 1 saturated heterocycles. The Morgan fingerprint density at radius 1 is 1.19 bits per heavy atom. The van der Waals surface area contributed by atoms with Crippen LogP contribution in [0.5, 0.6) is 0 Å². The van der Waals surface area contributed by atoms with Gasteiger partial charge in [0.05, 0.1) is 30.1 Å². The van der Waals surface area contributed by atoms with Crippen LogP contribution in [0.15, 0.2) is 36.5 Å². The van der Waals surface area contributed by atoms with Crippen LogP contribution in [0.3, 0.4) is 0 Å². The SMILES string of the molecule is Fc1ccc(-c2cnc3ccc(NCCCN4CCOCC4)nn23)cc1Cl. The fourth-order valence-electron chi connectivity index (χ4n) is 3.16. The number of hydrogen-bond acceptors (Lipinski definition) is 5. The van der Waals surface area contributed by atoms with Crippen LogP contribution < -0.4 is 5.32 Å². The Balaban J connectivity index is 1.44. The summed E-state index contributed by atoms with van der Waals surface area (Å²) < 4.78 is 20.5. The van der Waals surface area contributed by atoms with Crippen LogP contribution in [-0.4, -0.2) is 58.9 Å². The minimum absolute atomic E-state index is 0.0832. The summed E-state index contributed by atoms with van der Waals surface area (Å²) in [7, 11) is 0. The summed E-state index contributed by atoms with van der Waals surface area (Å²) in [5.74, 6) is 0.335. The lowest BCUT2D eigenvalue weighted by molar-refractivity contribution is 0.0378. The second kappa shape index (κ2) is 8.21. The van der Waals surface area contributed by atoms with E-state index in [4.69, 9.17) is 16.3 Å². The van der Waals surface area contributed by atoms with Crippen LogP contribution in [0.4, 0.5) is 10.2 Å². The maximum absolute atomic E-state index is 13.4. The molecule has 1 aliphatic heterocycles. The number of morpholine rings is 1. The number of ether oxygens (including phenoxy) is 1. The van der Waals surface area contributed by atoms with Crippen molar-refractivity contribution in [1.29, 1.82) is 0 Å². The lowest BCUT2D eigenvalue weighted by atomic mass is 10.2. The molecule has 2 aromatic heterocycles. The number of nitrogens with one attached hydrogen (secondary N) is 1. The molecule has 142 valence electrons. The van der Waals surface area contributed by atoms with Crippen molar-refractivity contribution in [1.82, 2.24) is 19.5 Å². The molecule has 0 saturated carbocycles. The zero-order valence-electron chi connectivity index (χ0n) is 14.9. The lowest BCUT2D eigenvalue weighted by Crippen LogP contribution is -2.37. The van der Waals surface area contributed by atoms with Crippen LogP contribution >= 0.6 is 11.6 Å². The van der Waals surface area contributed by atoms with Crippen molar-refractivity contribution in [3.05, 3.63) is 47.4 Å². The number of anilines is 1. The van der Waals surface area contributed by atoms with E-state index in [1.54, 1.807) is 22.8 Å². The quantitative estimate of drug-likeness (QED) is 0.655. The summed E-state index contributed by atoms with van der Waals surface area (Å²) in [6, 6.07) is 8.44. The molecule has 1 aromatic carbocycles. The highest BCUT2D eigenvalue weighted by molar-refractivity contribution is 6.31. The molecule has 0 radical (unpaired) electrons. The number of nitrogens with zero attached hydrogens (tertiary/aromatic N) is 4. The number of rotatable bonds is 6. The third kappa shape index (κ3) is 4.21. The molecule has 27 heavy (non-hydrogen) atoms. The second-order valence-electron chi connectivity index (χ2n) is 6.50. The van der Waals surface area contributed by atoms with Gasteiger partial charge in [-0.15, -0.1) is 5.10 Å². The maximum atomic E-state index is 13.4. The molecule has 1 fully saturated rings. The molecule has 0 bridgehead atoms. The topological polar surface area (TPSA) is 54.7 Å². The minimum Gasteiger partial charge on any atom is -0.379 e. The molecule has 0 unspecified atom stereocenters. The average Bonchev–Trinajstić information content (AvgIpc) is 3.11. The standard InChI is InChI=1S/C19H21ClFN5O/c20-15-12-14(2-3-16(15)21)17-13-23-19-5-4-18(24-26(17)19)22-6-1-7-25-8-10-27-11-9-25/h2-5,12-13H,1,6-11H2,(H,22,24). The highest BCUT2D eigenvalue weighted by Crippen LogP contribution is 2.25. The normalized spacial score (nSPS) is 15.3. The zero-order chi connectivity index (χ0) is 18.6. The number of aromatic nitrogens is 3. The van der Waals surface area contributed by atoms with Crippen LogP contribution in [-0.2, 0) is 4.74 Å². The first-order valence-electron chi connectivity index (χ1n) is 9.05. The maximum Gasteiger partial charge on any atom is 0.154 e. The molecule has 0 spiro atoms. The van der Waals surface area contributed by atoms with Crippen LogP contribution in [0, 0.1) is 5.82 Å². The van der Waals surface area contributed by atoms with E-state index in [1.165, 1.54) is 6.07 Å². The van der Waals surface area contributed by atoms with E-state index in [2.05, 4.69) is 20.3 Å². The molecule has 1 aliphatic rings. The van der Waals surface area contributed by atoms with Gasteiger partial charge < -0.3 is 10.1 Å². The van der Waals surface area contributed by atoms with Gasteiger partial charge in [0.25, 0.3) is 0 Å². The molecule has 6 nitrogen and oxygen atoms in total. The predicted molar refractivity (Wildman–Crippen MR) is 104 cm³/mol. The molecule has 3 aromatic rings. The summed E-state index contributed by atoms with van der Waals surface area (Å²) in [6.45, 7) is 5.53. The monoisotopic (exact) mass is 389 g/mol. The highest BCUT2D eigenvalue weighted by Gasteiger charge is 2.11. The third-order valence-electron chi connectivity index (χ3n) is 4.64. The molecular weight excluding hydrogens is 369 g/mol. The lowest BCUT2D eigenvalue weighted by Gasteiger charge is -2.26. The van der Waals surface area contributed by atoms with Crippen molar-refractivity contribution in [3.63, 3.8) is 0 Å². The number of halogens is 2. The Kier molecular flexibility index (Phi) is 5.52. The molecule has 8 heteroatoms. The van der Waals surface area contributed by atoms with E-state index in [-0.39, 0.29) is 5.02 Å². The van der Waals surface area contributed by atoms with Crippen LogP contribution in [0.1, 0.15) is 6.42 Å². The largest absolute Gasteiger partial charge is 0.379 e. The minimum atomic E-state index is -0.440. The van der Waals surface area contributed by atoms with E-state index in [0.29, 0.717) is 0 Å². The van der Waals surface area contributed by atoms with E-state index >= 15 is 0 Å². The molecule has 0 atom stereocenters. The van der Waals surface area contributed by atoms with Crippen molar-refractivity contribution >= 4 is 23.1 Å². The number of benzene rings is 1. The van der Waals surface area contributed by atoms with Gasteiger partial charge in [-0.25, -0.2) is 13.9 Å². The van der Waals surface area contributed by atoms with Crippen molar-refractivity contribution in [3.8, 4) is 11.3 Å². The van der Waals surface area contributed by atoms with E-state index in [0.717, 1.165) is 68.5 Å². The van der Waals surface area contributed by atoms with Crippen LogP contribution in [0.2, 0.25) is 5.02 Å². The second-order valence-corrected chi connectivity index (χ2v) is 6.90. The summed E-state index contributed by atoms with van der Waals surface area (Å²) in [5, 5.41) is 8.07. The fraction of sp³-hybridized carbons (Fsp3) is 0.368. The van der Waals surface area contributed by atoms with Gasteiger partial charge in [0, 0.05) is 25.2 Å². The Morgan fingerprint density at radius 3 is 2.85 bits per heavy atom. The Morgan fingerprint density at radius 2 is 2.04 bits per heavy atom. The molecule has 0 aliphatic carbocycles. The van der Waals surface area contributed by atoms with Crippen molar-refractivity contribution in [2.75, 3.05) is 44.7 Å². The predicted octanol–water partition coefficient (Wildman–Crippen LogP) is 3.32. The number of imidazole rings is 1. The highest BCUT2D eigenvalue weighted by atomic mass is 35.5. The number of hydrogen-bond donors (Lipinski definition) is 1. The number of fused-ring (bicyclic) bond motifs is 1. The van der Waals surface area contributed by atoms with Gasteiger partial charge in [0.15, 0.2) is 5.65 Å². The first-order chi connectivity index (χ1) is 13.2. The summed E-state index contributed by atoms with van der Waals surface area (Å²) in [5.41, 5.74) is 2.26. The average molecular weight is 390 g/mol. The van der Waals surface area contributed by atoms with Crippen LogP contribution in [0.25, 0.3) is 16.9 Å². The Bertz CT molecular complexity index is 926. The summed E-state index contributed by atoms with van der Waals surface area (Å²) >= 11 is 5.91. The third-order valence-corrected chi connectivity index (χ3v) is 4.93. The fourth-order valence-corrected chi connectivity index (χ4v) is 3.34. The summed E-state index contributed by atoms with van der Waals surface area (Å²) in [4.78, 5) is 6.77. The molecule has 4 rings (SSSR count). The Labute approximate surface area is 161 Å². The molecule has 0 amide bonds. The van der Waals surface area contributed by atoms with E-state index in [9.17, 15) is 4.39 Å². The molecule has 3 heterocycles. The van der Waals surface area contributed by atoms with E-state index < -0.39 is 5.82 Å². The van der Waals surface area contributed by atoms with Crippen molar-refractivity contribution < 1.29 is 9.13 Å². The van der Waals surface area contributed by atoms with Gasteiger partial charge >= 0.3 is 0 Å². The summed E-state index contributed by atoms with van der Waals surface area (Å²) in [6.07, 6.45) is 2.75. The Hall–Kier alpha value is -2.22. The van der Waals surface area contributed by atoms with Gasteiger partial charge in [-0.05, 0) is 43.3 Å². The van der Waals surface area contributed by atoms with Gasteiger partial charge in [-0.1, -0.05) is 11.6 Å². The van der Waals surface area contributed by atoms with Crippen molar-refractivity contribution in [2.45, 2.75) is 6.42 Å².